The standard InChI is InChI=1S/C23H17N3O4S2/c1-2-29-18(27)14-30-20-17(13-24)32-22-19(20)21(28)25(15-9-5-3-6-10-15)23(31)26(22)16-11-7-4-8-12-16/h3-12H,2,14H2,1H3. The highest BCUT2D eigenvalue weighted by Gasteiger charge is 2.24. The molecule has 0 aliphatic heterocycles. The number of para-hydroxylation sites is 2. The van der Waals surface area contributed by atoms with Crippen molar-refractivity contribution in [3.8, 4) is 23.2 Å². The van der Waals surface area contributed by atoms with Crippen molar-refractivity contribution in [1.82, 2.24) is 9.13 Å². The molecule has 9 heteroatoms. The highest BCUT2D eigenvalue weighted by atomic mass is 32.1. The van der Waals surface area contributed by atoms with Crippen LogP contribution in [0.1, 0.15) is 11.8 Å². The van der Waals surface area contributed by atoms with Gasteiger partial charge in [-0.1, -0.05) is 36.4 Å². The molecule has 0 N–H and O–H groups in total. The second-order valence-corrected chi connectivity index (χ2v) is 7.94. The molecule has 0 radical (unpaired) electrons. The molecular weight excluding hydrogens is 446 g/mol. The number of nitrogens with zero attached hydrogens (tertiary/aromatic N) is 3. The highest BCUT2D eigenvalue weighted by Crippen LogP contribution is 2.37. The summed E-state index contributed by atoms with van der Waals surface area (Å²) in [5.74, 6) is -0.537. The van der Waals surface area contributed by atoms with Gasteiger partial charge in [-0.3, -0.25) is 13.9 Å². The molecule has 4 aromatic rings. The van der Waals surface area contributed by atoms with E-state index in [1.807, 2.05) is 36.4 Å². The van der Waals surface area contributed by atoms with Crippen LogP contribution in [0, 0.1) is 16.1 Å². The largest absolute Gasteiger partial charge is 0.479 e. The Morgan fingerprint density at radius 2 is 1.66 bits per heavy atom. The maximum absolute atomic E-state index is 13.6. The molecule has 0 aliphatic carbocycles. The molecule has 0 aliphatic rings. The monoisotopic (exact) mass is 463 g/mol. The summed E-state index contributed by atoms with van der Waals surface area (Å²) >= 11 is 6.82. The number of carbonyl (C=O) groups excluding carboxylic acids is 1. The third-order valence-corrected chi connectivity index (χ3v) is 6.04. The van der Waals surface area contributed by atoms with E-state index in [1.165, 1.54) is 4.57 Å². The Bertz CT molecular complexity index is 1450. The van der Waals surface area contributed by atoms with Gasteiger partial charge in [0.15, 0.2) is 17.1 Å². The number of hydrogen-bond acceptors (Lipinski definition) is 7. The Kier molecular flexibility index (Phi) is 6.16. The van der Waals surface area contributed by atoms with Crippen LogP contribution >= 0.6 is 23.6 Å². The fourth-order valence-electron chi connectivity index (χ4n) is 3.29. The Morgan fingerprint density at radius 3 is 2.22 bits per heavy atom. The van der Waals surface area contributed by atoms with Crippen molar-refractivity contribution in [3.05, 3.63) is 80.7 Å². The van der Waals surface area contributed by atoms with Crippen LogP contribution in [-0.4, -0.2) is 28.3 Å². The Hall–Kier alpha value is -3.74. The fourth-order valence-corrected chi connectivity index (χ4v) is 4.79. The molecule has 0 saturated heterocycles. The number of esters is 1. The first-order valence-electron chi connectivity index (χ1n) is 9.70. The molecule has 32 heavy (non-hydrogen) atoms. The summed E-state index contributed by atoms with van der Waals surface area (Å²) in [7, 11) is 0. The average Bonchev–Trinajstić information content (AvgIpc) is 3.18. The van der Waals surface area contributed by atoms with Gasteiger partial charge in [-0.05, 0) is 43.4 Å². The zero-order chi connectivity index (χ0) is 22.7. The Morgan fingerprint density at radius 1 is 1.06 bits per heavy atom. The summed E-state index contributed by atoms with van der Waals surface area (Å²) in [4.78, 5) is 26.1. The molecule has 4 rings (SSSR count). The van der Waals surface area contributed by atoms with E-state index in [1.54, 1.807) is 35.8 Å². The topological polar surface area (TPSA) is 86.2 Å². The van der Waals surface area contributed by atoms with Gasteiger partial charge in [-0.25, -0.2) is 4.79 Å². The number of ether oxygens (including phenoxy) is 2. The SMILES string of the molecule is CCOC(=O)COc1c(C#N)sc2c1c(=O)n(-c1ccccc1)c(=S)n2-c1ccccc1. The van der Waals surface area contributed by atoms with Crippen LogP contribution < -0.4 is 10.3 Å². The molecule has 2 aromatic carbocycles. The van der Waals surface area contributed by atoms with Gasteiger partial charge in [-0.15, -0.1) is 11.3 Å². The third kappa shape index (κ3) is 3.82. The second kappa shape index (κ2) is 9.18. The molecule has 0 spiro atoms. The third-order valence-electron chi connectivity index (χ3n) is 4.62. The van der Waals surface area contributed by atoms with Gasteiger partial charge in [0.05, 0.1) is 12.3 Å². The minimum Gasteiger partial charge on any atom is -0.479 e. The molecule has 160 valence electrons. The lowest BCUT2D eigenvalue weighted by molar-refractivity contribution is -0.145. The number of aromatic nitrogens is 2. The first-order valence-corrected chi connectivity index (χ1v) is 10.9. The predicted molar refractivity (Wildman–Crippen MR) is 124 cm³/mol. The van der Waals surface area contributed by atoms with Gasteiger partial charge >= 0.3 is 5.97 Å². The lowest BCUT2D eigenvalue weighted by Gasteiger charge is -2.14. The zero-order valence-corrected chi connectivity index (χ0v) is 18.6. The normalized spacial score (nSPS) is 10.6. The van der Waals surface area contributed by atoms with E-state index in [9.17, 15) is 14.9 Å². The zero-order valence-electron chi connectivity index (χ0n) is 17.0. The maximum Gasteiger partial charge on any atom is 0.344 e. The number of benzene rings is 2. The Balaban J connectivity index is 2.07. The van der Waals surface area contributed by atoms with Gasteiger partial charge in [0, 0.05) is 5.69 Å². The van der Waals surface area contributed by atoms with Crippen molar-refractivity contribution >= 4 is 39.7 Å². The van der Waals surface area contributed by atoms with Crippen LogP contribution in [0.4, 0.5) is 0 Å². The molecule has 0 amide bonds. The van der Waals surface area contributed by atoms with E-state index in [0.29, 0.717) is 10.5 Å². The van der Waals surface area contributed by atoms with Crippen molar-refractivity contribution in [2.75, 3.05) is 13.2 Å². The van der Waals surface area contributed by atoms with E-state index in [-0.39, 0.29) is 27.4 Å². The van der Waals surface area contributed by atoms with Gasteiger partial charge in [-0.2, -0.15) is 5.26 Å². The smallest absolute Gasteiger partial charge is 0.344 e. The number of thiophene rings is 1. The number of rotatable bonds is 6. The molecule has 0 atom stereocenters. The van der Waals surface area contributed by atoms with Crippen LogP contribution in [-0.2, 0) is 9.53 Å². The first kappa shape index (κ1) is 21.5. The van der Waals surface area contributed by atoms with Crippen molar-refractivity contribution < 1.29 is 14.3 Å². The predicted octanol–water partition coefficient (Wildman–Crippen LogP) is 4.39. The van der Waals surface area contributed by atoms with E-state index in [0.717, 1.165) is 17.0 Å². The number of carbonyl (C=O) groups is 1. The van der Waals surface area contributed by atoms with E-state index in [4.69, 9.17) is 21.7 Å². The van der Waals surface area contributed by atoms with Crippen molar-refractivity contribution in [3.63, 3.8) is 0 Å². The summed E-state index contributed by atoms with van der Waals surface area (Å²) in [6.45, 7) is 1.47. The van der Waals surface area contributed by atoms with Crippen molar-refractivity contribution in [2.24, 2.45) is 0 Å². The molecule has 2 heterocycles. The number of nitriles is 1. The molecule has 0 bridgehead atoms. The summed E-state index contributed by atoms with van der Waals surface area (Å²) in [5.41, 5.74) is 0.880. The molecule has 7 nitrogen and oxygen atoms in total. The number of hydrogen-bond donors (Lipinski definition) is 0. The van der Waals surface area contributed by atoms with E-state index >= 15 is 0 Å². The van der Waals surface area contributed by atoms with Gasteiger partial charge in [0.25, 0.3) is 5.56 Å². The molecule has 0 saturated carbocycles. The van der Waals surface area contributed by atoms with Crippen molar-refractivity contribution in [1.29, 1.82) is 5.26 Å². The second-order valence-electron chi connectivity index (χ2n) is 6.58. The summed E-state index contributed by atoms with van der Waals surface area (Å²) in [6.07, 6.45) is 0. The van der Waals surface area contributed by atoms with Crippen LogP contribution in [0.5, 0.6) is 5.75 Å². The van der Waals surface area contributed by atoms with Crippen LogP contribution in [0.25, 0.3) is 21.6 Å². The molecular formula is C23H17N3O4S2. The molecule has 2 aromatic heterocycles. The van der Waals surface area contributed by atoms with Gasteiger partial charge < -0.3 is 9.47 Å². The van der Waals surface area contributed by atoms with Crippen LogP contribution in [0.3, 0.4) is 0 Å². The quantitative estimate of drug-likeness (QED) is 0.311. The Labute approximate surface area is 192 Å². The summed E-state index contributed by atoms with van der Waals surface area (Å²) in [6, 6.07) is 20.4. The number of fused-ring (bicyclic) bond motifs is 1. The summed E-state index contributed by atoms with van der Waals surface area (Å²) in [5, 5.41) is 9.89. The highest BCUT2D eigenvalue weighted by molar-refractivity contribution is 7.71. The van der Waals surface area contributed by atoms with Crippen molar-refractivity contribution in [2.45, 2.75) is 6.92 Å². The van der Waals surface area contributed by atoms with E-state index < -0.39 is 18.1 Å². The average molecular weight is 464 g/mol. The maximum atomic E-state index is 13.6. The summed E-state index contributed by atoms with van der Waals surface area (Å²) < 4.78 is 14.0. The van der Waals surface area contributed by atoms with E-state index in [2.05, 4.69) is 6.07 Å². The fraction of sp³-hybridized carbons (Fsp3) is 0.130. The van der Waals surface area contributed by atoms with Crippen LogP contribution in [0.15, 0.2) is 65.5 Å². The van der Waals surface area contributed by atoms with Gasteiger partial charge in [0.1, 0.15) is 21.2 Å². The minimum atomic E-state index is -0.588. The van der Waals surface area contributed by atoms with Gasteiger partial charge in [0.2, 0.25) is 0 Å². The minimum absolute atomic E-state index is 0.0508. The lowest BCUT2D eigenvalue weighted by atomic mass is 10.2. The van der Waals surface area contributed by atoms with Crippen LogP contribution in [0.2, 0.25) is 0 Å². The molecule has 0 unspecified atom stereocenters. The lowest BCUT2D eigenvalue weighted by Crippen LogP contribution is -2.24. The molecule has 0 fully saturated rings. The first-order chi connectivity index (χ1) is 15.6.